The molecule has 0 aromatic carbocycles. The van der Waals surface area contributed by atoms with E-state index in [2.05, 4.69) is 18.4 Å². The number of hydrogen-bond donors (Lipinski definition) is 3. The summed E-state index contributed by atoms with van der Waals surface area (Å²) in [6.45, 7) is 10.1. The van der Waals surface area contributed by atoms with Crippen LogP contribution in [0.15, 0.2) is 12.2 Å². The Morgan fingerprint density at radius 1 is 1.23 bits per heavy atom. The van der Waals surface area contributed by atoms with Crippen molar-refractivity contribution in [1.29, 1.82) is 0 Å². The van der Waals surface area contributed by atoms with Gasteiger partial charge < -0.3 is 20.1 Å². The Balaban J connectivity index is 1.50. The number of nitrogens with zero attached hydrogens (tertiary/aromatic N) is 1. The summed E-state index contributed by atoms with van der Waals surface area (Å²) in [7, 11) is 0. The summed E-state index contributed by atoms with van der Waals surface area (Å²) in [4.78, 5) is 15.2. The molecule has 30 heavy (non-hydrogen) atoms. The first-order valence-corrected chi connectivity index (χ1v) is 11.9. The first-order chi connectivity index (χ1) is 14.1. The molecule has 9 aliphatic rings. The van der Waals surface area contributed by atoms with Gasteiger partial charge in [-0.25, -0.2) is 0 Å². The van der Waals surface area contributed by atoms with E-state index in [4.69, 9.17) is 4.74 Å². The highest BCUT2D eigenvalue weighted by molar-refractivity contribution is 5.72. The number of fused-ring (bicyclic) bond motifs is 1. The van der Waals surface area contributed by atoms with Crippen LogP contribution in [0.5, 0.6) is 0 Å². The van der Waals surface area contributed by atoms with Crippen LogP contribution < -0.4 is 0 Å². The largest absolute Gasteiger partial charge is 0.460 e. The number of piperidine rings is 2. The second-order valence-corrected chi connectivity index (χ2v) is 12.1. The van der Waals surface area contributed by atoms with E-state index in [0.29, 0.717) is 0 Å². The van der Waals surface area contributed by atoms with Crippen molar-refractivity contribution in [1.82, 2.24) is 4.90 Å². The topological polar surface area (TPSA) is 90.2 Å². The minimum Gasteiger partial charge on any atom is -0.460 e. The molecule has 3 aliphatic heterocycles. The zero-order chi connectivity index (χ0) is 21.1. The van der Waals surface area contributed by atoms with E-state index in [1.807, 2.05) is 13.8 Å². The predicted octanol–water partition coefficient (Wildman–Crippen LogP) is 1.29. The molecule has 3 saturated heterocycles. The van der Waals surface area contributed by atoms with Crippen LogP contribution in [-0.2, 0) is 9.53 Å². The minimum absolute atomic E-state index is 0.0743. The summed E-state index contributed by atoms with van der Waals surface area (Å²) >= 11 is 0. The normalized spacial score (nSPS) is 65.7. The van der Waals surface area contributed by atoms with Gasteiger partial charge in [-0.15, -0.1) is 0 Å². The van der Waals surface area contributed by atoms with Crippen LogP contribution in [0.25, 0.3) is 0 Å². The van der Waals surface area contributed by atoms with Gasteiger partial charge in [0.25, 0.3) is 0 Å². The first kappa shape index (κ1) is 18.6. The van der Waals surface area contributed by atoms with Crippen molar-refractivity contribution < 1.29 is 24.9 Å². The molecule has 6 saturated carbocycles. The molecule has 0 aromatic heterocycles. The maximum absolute atomic E-state index is 12.9. The van der Waals surface area contributed by atoms with E-state index in [-0.39, 0.29) is 58.5 Å². The predicted molar refractivity (Wildman–Crippen MR) is 107 cm³/mol. The highest BCUT2D eigenvalue weighted by Gasteiger charge is 2.94. The van der Waals surface area contributed by atoms with E-state index in [0.717, 1.165) is 31.3 Å². The van der Waals surface area contributed by atoms with E-state index in [9.17, 15) is 20.1 Å². The van der Waals surface area contributed by atoms with Crippen LogP contribution in [0.2, 0.25) is 0 Å². The second-order valence-electron chi connectivity index (χ2n) is 12.1. The van der Waals surface area contributed by atoms with Gasteiger partial charge in [0, 0.05) is 28.7 Å². The number of carbonyl (C=O) groups is 1. The zero-order valence-electron chi connectivity index (χ0n) is 18.0. The third-order valence-corrected chi connectivity index (χ3v) is 11.3. The van der Waals surface area contributed by atoms with Crippen LogP contribution in [0.3, 0.4) is 0 Å². The van der Waals surface area contributed by atoms with Gasteiger partial charge in [0.05, 0.1) is 24.2 Å². The third-order valence-electron chi connectivity index (χ3n) is 11.3. The van der Waals surface area contributed by atoms with Gasteiger partial charge in [0.15, 0.2) is 0 Å². The van der Waals surface area contributed by atoms with Crippen molar-refractivity contribution in [2.24, 2.45) is 45.8 Å². The second kappa shape index (κ2) is 5.00. The Hall–Kier alpha value is -0.950. The summed E-state index contributed by atoms with van der Waals surface area (Å²) in [5.41, 5.74) is -0.291. The molecule has 0 amide bonds. The lowest BCUT2D eigenvalue weighted by Crippen LogP contribution is -2.75. The Bertz CT molecular complexity index is 889. The lowest BCUT2D eigenvalue weighted by Gasteiger charge is -2.67. The van der Waals surface area contributed by atoms with Crippen LogP contribution in [0, 0.1) is 45.8 Å². The fraction of sp³-hybridized carbons (Fsp3) is 0.875. The van der Waals surface area contributed by atoms with Crippen LogP contribution in [-0.4, -0.2) is 62.8 Å². The van der Waals surface area contributed by atoms with Gasteiger partial charge in [0.2, 0.25) is 0 Å². The van der Waals surface area contributed by atoms with Gasteiger partial charge in [-0.3, -0.25) is 9.69 Å². The van der Waals surface area contributed by atoms with Crippen LogP contribution >= 0.6 is 0 Å². The maximum atomic E-state index is 12.9. The Labute approximate surface area is 177 Å². The average Bonchev–Trinajstić information content (AvgIpc) is 3.13. The molecule has 9 rings (SSSR count). The van der Waals surface area contributed by atoms with Gasteiger partial charge in [-0.2, -0.15) is 0 Å². The molecule has 3 N–H and O–H groups in total. The van der Waals surface area contributed by atoms with Crippen molar-refractivity contribution >= 4 is 5.97 Å². The standard InChI is InChI=1S/C24H33NO5/c1-9(2)20(28)30-19-13-15-22(4)6-5-7-23(15)16-14(26)11-8-12(17(23)25(13)21(22)29)24(16,19)18(27)10(11)3/h9,11-19,21,26-27,29H,3,5-8H2,1-2,4H3/t11-,12-,13-,14-,15-,16+,17-,18-,19-,21-,22+,23+,24+/m1/s1. The minimum atomic E-state index is -0.754. The Kier molecular flexibility index (Phi) is 3.10. The summed E-state index contributed by atoms with van der Waals surface area (Å²) in [6.07, 6.45) is 1.47. The number of hydrogen-bond acceptors (Lipinski definition) is 6. The molecular formula is C24H33NO5. The number of aliphatic hydroxyl groups excluding tert-OH is 3. The number of rotatable bonds is 2. The average molecular weight is 416 g/mol. The van der Waals surface area contributed by atoms with Crippen molar-refractivity contribution in [3.8, 4) is 0 Å². The Morgan fingerprint density at radius 2 is 1.97 bits per heavy atom. The molecule has 0 aromatic rings. The van der Waals surface area contributed by atoms with Gasteiger partial charge in [-0.1, -0.05) is 33.8 Å². The van der Waals surface area contributed by atoms with E-state index < -0.39 is 30.0 Å². The van der Waals surface area contributed by atoms with E-state index >= 15 is 0 Å². The van der Waals surface area contributed by atoms with Crippen molar-refractivity contribution in [3.63, 3.8) is 0 Å². The fourth-order valence-corrected chi connectivity index (χ4v) is 10.9. The lowest BCUT2D eigenvalue weighted by atomic mass is 9.38. The number of ether oxygens (including phenoxy) is 1. The number of esters is 1. The number of aliphatic hydroxyl groups is 3. The maximum Gasteiger partial charge on any atom is 0.308 e. The van der Waals surface area contributed by atoms with Crippen LogP contribution in [0.4, 0.5) is 0 Å². The summed E-state index contributed by atoms with van der Waals surface area (Å²) in [5.74, 6) is -0.385. The fourth-order valence-electron chi connectivity index (χ4n) is 10.9. The molecular weight excluding hydrogens is 382 g/mol. The van der Waals surface area contributed by atoms with Gasteiger partial charge in [-0.05, 0) is 42.1 Å². The molecule has 3 heterocycles. The molecule has 6 heteroatoms. The van der Waals surface area contributed by atoms with E-state index in [1.165, 1.54) is 0 Å². The molecule has 164 valence electrons. The molecule has 2 spiro atoms. The van der Waals surface area contributed by atoms with E-state index in [1.54, 1.807) is 0 Å². The Morgan fingerprint density at radius 3 is 2.67 bits per heavy atom. The summed E-state index contributed by atoms with van der Waals surface area (Å²) in [6, 6.07) is 0.0899. The molecule has 1 unspecified atom stereocenters. The molecule has 14 atom stereocenters. The van der Waals surface area contributed by atoms with Crippen molar-refractivity contribution in [2.45, 2.75) is 83.1 Å². The molecule has 9 bridgehead atoms. The first-order valence-electron chi connectivity index (χ1n) is 11.9. The van der Waals surface area contributed by atoms with Crippen LogP contribution in [0.1, 0.15) is 46.5 Å². The lowest BCUT2D eigenvalue weighted by molar-refractivity contribution is -0.267. The summed E-state index contributed by atoms with van der Waals surface area (Å²) in [5, 5.41) is 34.8. The molecule has 0 radical (unpaired) electrons. The highest BCUT2D eigenvalue weighted by atomic mass is 16.5. The van der Waals surface area contributed by atoms with Gasteiger partial charge >= 0.3 is 5.97 Å². The summed E-state index contributed by atoms with van der Waals surface area (Å²) < 4.78 is 6.29. The highest BCUT2D eigenvalue weighted by Crippen LogP contribution is 2.88. The zero-order valence-corrected chi connectivity index (χ0v) is 18.0. The monoisotopic (exact) mass is 415 g/mol. The quantitative estimate of drug-likeness (QED) is 0.465. The third kappa shape index (κ3) is 1.44. The molecule has 9 fully saturated rings. The molecule has 6 nitrogen and oxygen atoms in total. The van der Waals surface area contributed by atoms with Crippen molar-refractivity contribution in [3.05, 3.63) is 12.2 Å². The smallest absolute Gasteiger partial charge is 0.308 e. The van der Waals surface area contributed by atoms with Gasteiger partial charge in [0.1, 0.15) is 12.3 Å². The number of carbonyl (C=O) groups excluding carboxylic acids is 1. The SMILES string of the molecule is C=C1[C@H]2C[C@@H]3[C@H]4N5[C@@H]6[C@@H]7[C@](C)(CCC[C@@]74[C@H]([C@@H]2O)[C@@]3([C@@H]1O)[C@@H]6OC(=O)C(C)C)[C@H]5O. The molecule has 6 aliphatic carbocycles. The van der Waals surface area contributed by atoms with Crippen molar-refractivity contribution in [2.75, 3.05) is 0 Å².